The molecule has 4 nitrogen and oxygen atoms in total. The minimum Gasteiger partial charge on any atom is -0.309 e. The van der Waals surface area contributed by atoms with Crippen molar-refractivity contribution in [2.24, 2.45) is 0 Å². The third-order valence-corrected chi connectivity index (χ3v) is 5.58. The van der Waals surface area contributed by atoms with E-state index in [9.17, 15) is 4.79 Å². The van der Waals surface area contributed by atoms with E-state index in [0.29, 0.717) is 23.3 Å². The molecule has 28 heavy (non-hydrogen) atoms. The first kappa shape index (κ1) is 19.1. The van der Waals surface area contributed by atoms with Crippen molar-refractivity contribution in [3.8, 4) is 0 Å². The molecule has 0 amide bonds. The number of aromatic nitrogens is 2. The Hall–Kier alpha value is -2.28. The topological polar surface area (TPSA) is 57.8 Å². The van der Waals surface area contributed by atoms with Crippen LogP contribution >= 0.6 is 31.9 Å². The van der Waals surface area contributed by atoms with Crippen LogP contribution in [0.3, 0.4) is 0 Å². The Morgan fingerprint density at radius 3 is 2.14 bits per heavy atom. The van der Waals surface area contributed by atoms with Gasteiger partial charge in [0.05, 0.1) is 23.5 Å². The lowest BCUT2D eigenvalue weighted by molar-refractivity contribution is 0.587. The van der Waals surface area contributed by atoms with E-state index in [1.54, 1.807) is 6.07 Å². The second kappa shape index (κ2) is 8.39. The minimum atomic E-state index is -0.153. The third kappa shape index (κ3) is 4.09. The first-order chi connectivity index (χ1) is 13.6. The number of rotatable bonds is 5. The van der Waals surface area contributed by atoms with E-state index in [2.05, 4.69) is 71.4 Å². The Kier molecular flexibility index (Phi) is 5.71. The molecule has 0 aliphatic heterocycles. The molecule has 0 aliphatic carbocycles. The van der Waals surface area contributed by atoms with Crippen LogP contribution in [0.4, 0.5) is 0 Å². The molecule has 0 aliphatic rings. The standard InChI is InChI=1S/C22H17Br2N3O/c23-16-11-17-21(18(24)12-16)26-19(27-22(17)28)13-25-20(14-7-3-1-4-8-14)15-9-5-2-6-10-15/h1-12,20,25H,13H2,(H,26,27,28). The van der Waals surface area contributed by atoms with Gasteiger partial charge in [-0.3, -0.25) is 10.1 Å². The van der Waals surface area contributed by atoms with Crippen LogP contribution in [0.1, 0.15) is 23.0 Å². The highest BCUT2D eigenvalue weighted by atomic mass is 79.9. The summed E-state index contributed by atoms with van der Waals surface area (Å²) in [5.74, 6) is 0.595. The van der Waals surface area contributed by atoms with Crippen molar-refractivity contribution in [1.82, 2.24) is 15.3 Å². The average molecular weight is 499 g/mol. The highest BCUT2D eigenvalue weighted by Gasteiger charge is 2.15. The number of hydrogen-bond acceptors (Lipinski definition) is 3. The SMILES string of the molecule is O=c1[nH]c(CNC(c2ccccc2)c2ccccc2)nc2c(Br)cc(Br)cc12. The summed E-state index contributed by atoms with van der Waals surface area (Å²) in [6, 6.07) is 24.1. The number of benzene rings is 3. The summed E-state index contributed by atoms with van der Waals surface area (Å²) in [5, 5.41) is 4.08. The molecule has 0 fully saturated rings. The van der Waals surface area contributed by atoms with Gasteiger partial charge in [0.1, 0.15) is 5.82 Å². The van der Waals surface area contributed by atoms with Gasteiger partial charge in [-0.05, 0) is 39.2 Å². The smallest absolute Gasteiger partial charge is 0.258 e. The van der Waals surface area contributed by atoms with Crippen LogP contribution in [0.25, 0.3) is 10.9 Å². The van der Waals surface area contributed by atoms with Crippen molar-refractivity contribution in [2.45, 2.75) is 12.6 Å². The first-order valence-corrected chi connectivity index (χ1v) is 10.4. The molecule has 0 atom stereocenters. The van der Waals surface area contributed by atoms with Gasteiger partial charge in [0.25, 0.3) is 5.56 Å². The molecule has 1 heterocycles. The molecule has 0 saturated carbocycles. The largest absolute Gasteiger partial charge is 0.309 e. The number of aromatic amines is 1. The Labute approximate surface area is 179 Å². The van der Waals surface area contributed by atoms with Crippen molar-refractivity contribution in [1.29, 1.82) is 0 Å². The lowest BCUT2D eigenvalue weighted by Gasteiger charge is -2.19. The Bertz CT molecular complexity index is 1120. The Morgan fingerprint density at radius 2 is 1.54 bits per heavy atom. The predicted octanol–water partition coefficient (Wildman–Crippen LogP) is 5.33. The van der Waals surface area contributed by atoms with Crippen molar-refractivity contribution in [3.63, 3.8) is 0 Å². The molecule has 0 saturated heterocycles. The van der Waals surface area contributed by atoms with Crippen molar-refractivity contribution in [2.75, 3.05) is 0 Å². The van der Waals surface area contributed by atoms with Crippen LogP contribution in [0.5, 0.6) is 0 Å². The summed E-state index contributed by atoms with van der Waals surface area (Å²) < 4.78 is 1.62. The fraction of sp³-hybridized carbons (Fsp3) is 0.0909. The van der Waals surface area contributed by atoms with E-state index in [-0.39, 0.29) is 11.6 Å². The van der Waals surface area contributed by atoms with Gasteiger partial charge >= 0.3 is 0 Å². The second-order valence-corrected chi connectivity index (χ2v) is 8.20. The quantitative estimate of drug-likeness (QED) is 0.391. The molecule has 140 valence electrons. The van der Waals surface area contributed by atoms with E-state index in [0.717, 1.165) is 20.1 Å². The van der Waals surface area contributed by atoms with E-state index in [1.807, 2.05) is 42.5 Å². The number of halogens is 2. The Balaban J connectivity index is 1.67. The van der Waals surface area contributed by atoms with Gasteiger partial charge in [0.2, 0.25) is 0 Å². The summed E-state index contributed by atoms with van der Waals surface area (Å²) in [7, 11) is 0. The van der Waals surface area contributed by atoms with Crippen molar-refractivity contribution < 1.29 is 0 Å². The van der Waals surface area contributed by atoms with Gasteiger partial charge < -0.3 is 4.98 Å². The van der Waals surface area contributed by atoms with Crippen LogP contribution < -0.4 is 10.9 Å². The van der Waals surface area contributed by atoms with Gasteiger partial charge in [-0.25, -0.2) is 4.98 Å². The summed E-state index contributed by atoms with van der Waals surface area (Å²) in [6.07, 6.45) is 0. The molecule has 0 spiro atoms. The summed E-state index contributed by atoms with van der Waals surface area (Å²) in [6.45, 7) is 0.433. The molecular weight excluding hydrogens is 482 g/mol. The van der Waals surface area contributed by atoms with E-state index < -0.39 is 0 Å². The number of hydrogen-bond donors (Lipinski definition) is 2. The lowest BCUT2D eigenvalue weighted by Crippen LogP contribution is -2.25. The van der Waals surface area contributed by atoms with Gasteiger partial charge in [-0.1, -0.05) is 76.6 Å². The minimum absolute atomic E-state index is 0.00300. The number of fused-ring (bicyclic) bond motifs is 1. The van der Waals surface area contributed by atoms with E-state index in [1.165, 1.54) is 0 Å². The van der Waals surface area contributed by atoms with E-state index in [4.69, 9.17) is 0 Å². The van der Waals surface area contributed by atoms with Crippen molar-refractivity contribution >= 4 is 42.8 Å². The zero-order valence-electron chi connectivity index (χ0n) is 14.8. The van der Waals surface area contributed by atoms with Gasteiger partial charge in [-0.2, -0.15) is 0 Å². The van der Waals surface area contributed by atoms with Gasteiger partial charge in [-0.15, -0.1) is 0 Å². The number of nitrogens with one attached hydrogen (secondary N) is 2. The summed E-state index contributed by atoms with van der Waals surface area (Å²) in [4.78, 5) is 20.1. The number of H-pyrrole nitrogens is 1. The summed E-state index contributed by atoms with van der Waals surface area (Å²) in [5.41, 5.74) is 2.81. The summed E-state index contributed by atoms with van der Waals surface area (Å²) >= 11 is 6.92. The molecule has 0 unspecified atom stereocenters. The molecule has 0 radical (unpaired) electrons. The van der Waals surface area contributed by atoms with Crippen LogP contribution in [0, 0.1) is 0 Å². The monoisotopic (exact) mass is 497 g/mol. The molecule has 2 N–H and O–H groups in total. The van der Waals surface area contributed by atoms with Crippen LogP contribution in [0.15, 0.2) is 86.5 Å². The molecule has 0 bridgehead atoms. The van der Waals surface area contributed by atoms with Gasteiger partial charge in [0.15, 0.2) is 0 Å². The van der Waals surface area contributed by atoms with Gasteiger partial charge in [0, 0.05) is 8.95 Å². The molecule has 3 aromatic carbocycles. The zero-order valence-corrected chi connectivity index (χ0v) is 18.0. The third-order valence-electron chi connectivity index (χ3n) is 4.52. The maximum absolute atomic E-state index is 12.5. The maximum Gasteiger partial charge on any atom is 0.258 e. The maximum atomic E-state index is 12.5. The average Bonchev–Trinajstić information content (AvgIpc) is 2.71. The second-order valence-electron chi connectivity index (χ2n) is 6.43. The fourth-order valence-electron chi connectivity index (χ4n) is 3.22. The fourth-order valence-corrected chi connectivity index (χ4v) is 4.53. The lowest BCUT2D eigenvalue weighted by atomic mass is 9.99. The van der Waals surface area contributed by atoms with Crippen LogP contribution in [-0.4, -0.2) is 9.97 Å². The van der Waals surface area contributed by atoms with Crippen LogP contribution in [-0.2, 0) is 6.54 Å². The molecule has 4 aromatic rings. The number of nitrogens with zero attached hydrogens (tertiary/aromatic N) is 1. The van der Waals surface area contributed by atoms with E-state index >= 15 is 0 Å². The Morgan fingerprint density at radius 1 is 0.929 bits per heavy atom. The predicted molar refractivity (Wildman–Crippen MR) is 119 cm³/mol. The first-order valence-electron chi connectivity index (χ1n) is 8.83. The molecule has 4 rings (SSSR count). The molecule has 1 aromatic heterocycles. The molecule has 6 heteroatoms. The van der Waals surface area contributed by atoms with Crippen LogP contribution in [0.2, 0.25) is 0 Å². The normalized spacial score (nSPS) is 11.2. The molecular formula is C22H17Br2N3O. The highest BCUT2D eigenvalue weighted by Crippen LogP contribution is 2.26. The highest BCUT2D eigenvalue weighted by molar-refractivity contribution is 9.11. The van der Waals surface area contributed by atoms with Crippen molar-refractivity contribution in [3.05, 3.63) is 109 Å². The zero-order chi connectivity index (χ0) is 19.5.